The zero-order chi connectivity index (χ0) is 31.4. The number of hydroxylamine groups is 2. The smallest absolute Gasteiger partial charge is 0.428 e. The van der Waals surface area contributed by atoms with Gasteiger partial charge in [-0.2, -0.15) is 17.6 Å². The molecule has 0 bridgehead atoms. The Bertz CT molecular complexity index is 1420. The number of benzene rings is 3. The van der Waals surface area contributed by atoms with Crippen LogP contribution in [0.15, 0.2) is 85.1 Å². The van der Waals surface area contributed by atoms with Gasteiger partial charge in [-0.25, -0.2) is 13.6 Å². The van der Waals surface area contributed by atoms with Crippen molar-refractivity contribution < 1.29 is 40.7 Å². The first-order valence-electron chi connectivity index (χ1n) is 13.3. The van der Waals surface area contributed by atoms with Crippen molar-refractivity contribution >= 4 is 6.03 Å². The van der Waals surface area contributed by atoms with Crippen molar-refractivity contribution in [2.24, 2.45) is 5.92 Å². The third kappa shape index (κ3) is 7.42. The lowest BCUT2D eigenvalue weighted by atomic mass is 9.77. The monoisotopic (exact) mass is 607 g/mol. The van der Waals surface area contributed by atoms with Crippen LogP contribution in [0.4, 0.5) is 31.1 Å². The molecule has 43 heavy (non-hydrogen) atoms. The van der Waals surface area contributed by atoms with Crippen LogP contribution in [-0.4, -0.2) is 43.8 Å². The SMILES string of the molecule is C=C([C@H]1C[C@@H](NC(=O)N[C@](Cc2ccccc2)(c2ccc(F)cc2)c2cc(F)cc(OC(F)(F)C(F)F)c2)C1)N(C)OC. The molecule has 2 N–H and O–H groups in total. The second kappa shape index (κ2) is 13.0. The van der Waals surface area contributed by atoms with Crippen LogP contribution in [0, 0.1) is 17.6 Å². The van der Waals surface area contributed by atoms with Crippen LogP contribution in [0.1, 0.15) is 29.5 Å². The minimum absolute atomic E-state index is 0.0518. The van der Waals surface area contributed by atoms with Crippen molar-refractivity contribution in [3.63, 3.8) is 0 Å². The van der Waals surface area contributed by atoms with E-state index in [1.54, 1.807) is 37.4 Å². The predicted molar refractivity (Wildman–Crippen MR) is 147 cm³/mol. The Morgan fingerprint density at radius 1 is 1.00 bits per heavy atom. The molecular weight excluding hydrogens is 576 g/mol. The second-order valence-corrected chi connectivity index (χ2v) is 10.3. The average molecular weight is 608 g/mol. The summed E-state index contributed by atoms with van der Waals surface area (Å²) in [5.74, 6) is -2.50. The summed E-state index contributed by atoms with van der Waals surface area (Å²) in [4.78, 5) is 18.7. The number of hydrogen-bond donors (Lipinski definition) is 2. The van der Waals surface area contributed by atoms with Gasteiger partial charge in [0.25, 0.3) is 0 Å². The Morgan fingerprint density at radius 3 is 2.26 bits per heavy atom. The Kier molecular flexibility index (Phi) is 9.59. The molecule has 4 rings (SSSR count). The molecule has 1 saturated carbocycles. The number of ether oxygens (including phenoxy) is 1. The van der Waals surface area contributed by atoms with Gasteiger partial charge in [-0.05, 0) is 53.8 Å². The molecule has 3 aromatic rings. The summed E-state index contributed by atoms with van der Waals surface area (Å²) in [5, 5.41) is 7.25. The Morgan fingerprint density at radius 2 is 1.65 bits per heavy atom. The van der Waals surface area contributed by atoms with E-state index in [1.165, 1.54) is 24.3 Å². The van der Waals surface area contributed by atoms with Crippen LogP contribution in [-0.2, 0) is 16.8 Å². The molecule has 0 radical (unpaired) electrons. The van der Waals surface area contributed by atoms with E-state index in [0.29, 0.717) is 24.5 Å². The van der Waals surface area contributed by atoms with Gasteiger partial charge in [0.2, 0.25) is 0 Å². The molecule has 230 valence electrons. The minimum Gasteiger partial charge on any atom is -0.428 e. The lowest BCUT2D eigenvalue weighted by Gasteiger charge is -2.41. The average Bonchev–Trinajstić information content (AvgIpc) is 2.93. The number of amides is 2. The first-order valence-corrected chi connectivity index (χ1v) is 13.3. The van der Waals surface area contributed by atoms with Crippen molar-refractivity contribution in [1.29, 1.82) is 0 Å². The Labute approximate surface area is 245 Å². The van der Waals surface area contributed by atoms with Crippen molar-refractivity contribution in [1.82, 2.24) is 15.7 Å². The van der Waals surface area contributed by atoms with Crippen molar-refractivity contribution in [2.45, 2.75) is 43.4 Å². The lowest BCUT2D eigenvalue weighted by molar-refractivity contribution is -0.253. The van der Waals surface area contributed by atoms with Crippen molar-refractivity contribution in [3.05, 3.63) is 113 Å². The molecule has 0 aliphatic heterocycles. The van der Waals surface area contributed by atoms with Gasteiger partial charge in [0.05, 0.1) is 12.6 Å². The molecule has 1 atom stereocenters. The fourth-order valence-corrected chi connectivity index (χ4v) is 5.06. The molecule has 0 spiro atoms. The van der Waals surface area contributed by atoms with Gasteiger partial charge in [-0.3, -0.25) is 9.90 Å². The number of alkyl halides is 4. The molecule has 3 aromatic carbocycles. The zero-order valence-electron chi connectivity index (χ0n) is 23.4. The van der Waals surface area contributed by atoms with Crippen LogP contribution in [0.2, 0.25) is 0 Å². The fraction of sp³-hybridized carbons (Fsp3) is 0.323. The highest BCUT2D eigenvalue weighted by atomic mass is 19.3. The van der Waals surface area contributed by atoms with Gasteiger partial charge >= 0.3 is 18.6 Å². The van der Waals surface area contributed by atoms with E-state index in [9.17, 15) is 31.1 Å². The maximum absolute atomic E-state index is 15.0. The molecule has 1 fully saturated rings. The molecule has 0 saturated heterocycles. The second-order valence-electron chi connectivity index (χ2n) is 10.3. The van der Waals surface area contributed by atoms with Gasteiger partial charge < -0.3 is 15.4 Å². The summed E-state index contributed by atoms with van der Waals surface area (Å²) in [6, 6.07) is 15.2. The highest BCUT2D eigenvalue weighted by Gasteiger charge is 2.45. The molecule has 12 heteroatoms. The quantitative estimate of drug-likeness (QED) is 0.176. The van der Waals surface area contributed by atoms with Gasteiger partial charge in [0.15, 0.2) is 0 Å². The number of carbonyl (C=O) groups is 1. The Hall–Kier alpha value is -4.19. The summed E-state index contributed by atoms with van der Waals surface area (Å²) in [6.45, 7) is 4.00. The largest absolute Gasteiger partial charge is 0.461 e. The first kappa shape index (κ1) is 31.7. The molecule has 0 unspecified atom stereocenters. The summed E-state index contributed by atoms with van der Waals surface area (Å²) >= 11 is 0. The molecular formula is C31H31F6N3O3. The molecule has 1 aliphatic carbocycles. The lowest BCUT2D eigenvalue weighted by Crippen LogP contribution is -2.56. The van der Waals surface area contributed by atoms with Crippen LogP contribution < -0.4 is 15.4 Å². The summed E-state index contributed by atoms with van der Waals surface area (Å²) in [7, 11) is 3.22. The van der Waals surface area contributed by atoms with Gasteiger partial charge in [-0.15, -0.1) is 0 Å². The third-order valence-electron chi connectivity index (χ3n) is 7.47. The topological polar surface area (TPSA) is 62.8 Å². The van der Waals surface area contributed by atoms with Gasteiger partial charge in [0.1, 0.15) is 17.4 Å². The predicted octanol–water partition coefficient (Wildman–Crippen LogP) is 6.77. The van der Waals surface area contributed by atoms with E-state index in [4.69, 9.17) is 4.84 Å². The van der Waals surface area contributed by atoms with Gasteiger partial charge in [0, 0.05) is 37.2 Å². The molecule has 6 nitrogen and oxygen atoms in total. The number of carbonyl (C=O) groups excluding carboxylic acids is 1. The molecule has 0 heterocycles. The molecule has 1 aliphatic rings. The summed E-state index contributed by atoms with van der Waals surface area (Å²) in [5.41, 5.74) is -0.146. The highest BCUT2D eigenvalue weighted by Crippen LogP contribution is 2.39. The van der Waals surface area contributed by atoms with E-state index in [2.05, 4.69) is 21.9 Å². The number of rotatable bonds is 12. The van der Waals surface area contributed by atoms with E-state index in [1.807, 2.05) is 0 Å². The van der Waals surface area contributed by atoms with E-state index < -0.39 is 41.5 Å². The van der Waals surface area contributed by atoms with E-state index in [0.717, 1.165) is 30.0 Å². The number of nitrogens with one attached hydrogen (secondary N) is 2. The van der Waals surface area contributed by atoms with Crippen LogP contribution in [0.5, 0.6) is 5.75 Å². The molecule has 2 amide bonds. The van der Waals surface area contributed by atoms with Crippen molar-refractivity contribution in [3.8, 4) is 5.75 Å². The highest BCUT2D eigenvalue weighted by molar-refractivity contribution is 5.76. The number of halogens is 6. The van der Waals surface area contributed by atoms with Crippen LogP contribution >= 0.6 is 0 Å². The Balaban J connectivity index is 1.74. The summed E-state index contributed by atoms with van der Waals surface area (Å²) < 4.78 is 86.7. The first-order chi connectivity index (χ1) is 20.3. The van der Waals surface area contributed by atoms with Crippen molar-refractivity contribution in [2.75, 3.05) is 14.2 Å². The minimum atomic E-state index is -4.91. The maximum Gasteiger partial charge on any atom is 0.461 e. The number of allylic oxidation sites excluding steroid dienone is 1. The third-order valence-corrected chi connectivity index (χ3v) is 7.47. The zero-order valence-corrected chi connectivity index (χ0v) is 23.4. The van der Waals surface area contributed by atoms with Crippen LogP contribution in [0.3, 0.4) is 0 Å². The number of hydrogen-bond acceptors (Lipinski definition) is 4. The van der Waals surface area contributed by atoms with Crippen LogP contribution in [0.25, 0.3) is 0 Å². The summed E-state index contributed by atoms with van der Waals surface area (Å²) in [6.07, 6.45) is -8.02. The number of nitrogens with zero attached hydrogens (tertiary/aromatic N) is 1. The molecule has 0 aromatic heterocycles. The standard InChI is InChI=1S/C31H31F6N3O3/c1-19(40(2)42-3)21-13-26(14-21)38-29(41)39-30(18-20-7-5-4-6-8-20,22-9-11-24(32)12-10-22)23-15-25(33)17-27(16-23)43-31(36,37)28(34)35/h4-12,15-17,21,26,28H,1,13-14,18H2,2-3H3,(H2,38,39,41)/t21-,26+,30-/m1/s1. The van der Waals surface area contributed by atoms with E-state index in [-0.39, 0.29) is 29.5 Å². The fourth-order valence-electron chi connectivity index (χ4n) is 5.06. The van der Waals surface area contributed by atoms with E-state index >= 15 is 0 Å². The maximum atomic E-state index is 15.0. The number of urea groups is 1. The van der Waals surface area contributed by atoms with Gasteiger partial charge in [-0.1, -0.05) is 49.0 Å². The normalized spacial score (nSPS) is 17.9.